The Labute approximate surface area is 289 Å². The molecule has 8 aromatic carbocycles. The lowest BCUT2D eigenvalue weighted by molar-refractivity contribution is 0.667. The fourth-order valence-corrected chi connectivity index (χ4v) is 8.65. The number of anilines is 3. The quantitative estimate of drug-likeness (QED) is 0.175. The van der Waals surface area contributed by atoms with E-state index in [1.807, 2.05) is 0 Å². The molecule has 0 radical (unpaired) electrons. The van der Waals surface area contributed by atoms with Gasteiger partial charge in [0.05, 0.1) is 0 Å². The molecule has 0 saturated carbocycles. The first kappa shape index (κ1) is 29.7. The molecule has 9 rings (SSSR count). The predicted molar refractivity (Wildman–Crippen MR) is 212 cm³/mol. The predicted octanol–water partition coefficient (Wildman–Crippen LogP) is 13.6. The topological polar surface area (TPSA) is 3.24 Å². The van der Waals surface area contributed by atoms with Crippen LogP contribution in [0.15, 0.2) is 121 Å². The maximum absolute atomic E-state index is 2.48. The highest BCUT2D eigenvalue weighted by molar-refractivity contribution is 6.35. The van der Waals surface area contributed by atoms with E-state index >= 15 is 0 Å². The van der Waals surface area contributed by atoms with Gasteiger partial charge in [0.25, 0.3) is 0 Å². The van der Waals surface area contributed by atoms with Crippen LogP contribution in [0, 0.1) is 34.6 Å². The van der Waals surface area contributed by atoms with Crippen LogP contribution in [0.5, 0.6) is 0 Å². The lowest BCUT2D eigenvalue weighted by Gasteiger charge is -2.29. The highest BCUT2D eigenvalue weighted by Crippen LogP contribution is 2.58. The van der Waals surface area contributed by atoms with Crippen molar-refractivity contribution in [2.45, 2.75) is 53.9 Å². The molecule has 8 aromatic rings. The zero-order valence-electron chi connectivity index (χ0n) is 29.5. The molecule has 0 amide bonds. The normalized spacial score (nSPS) is 13.4. The van der Waals surface area contributed by atoms with Gasteiger partial charge in [0, 0.05) is 22.5 Å². The van der Waals surface area contributed by atoms with Gasteiger partial charge in [-0.1, -0.05) is 104 Å². The molecule has 1 aliphatic carbocycles. The van der Waals surface area contributed by atoms with Crippen LogP contribution in [0.2, 0.25) is 0 Å². The van der Waals surface area contributed by atoms with Crippen molar-refractivity contribution in [2.24, 2.45) is 0 Å². The molecule has 49 heavy (non-hydrogen) atoms. The van der Waals surface area contributed by atoms with Gasteiger partial charge < -0.3 is 4.90 Å². The third kappa shape index (κ3) is 4.25. The Kier molecular flexibility index (Phi) is 6.40. The summed E-state index contributed by atoms with van der Waals surface area (Å²) in [5.74, 6) is 0. The summed E-state index contributed by atoms with van der Waals surface area (Å²) >= 11 is 0. The van der Waals surface area contributed by atoms with Gasteiger partial charge in [-0.2, -0.15) is 0 Å². The third-order valence-electron chi connectivity index (χ3n) is 11.5. The number of rotatable bonds is 3. The van der Waals surface area contributed by atoms with Crippen LogP contribution in [0.4, 0.5) is 17.1 Å². The summed E-state index contributed by atoms with van der Waals surface area (Å²) in [7, 11) is 0. The summed E-state index contributed by atoms with van der Waals surface area (Å²) in [5, 5.41) is 10.8. The zero-order chi connectivity index (χ0) is 33.8. The summed E-state index contributed by atoms with van der Waals surface area (Å²) in [4.78, 5) is 2.45. The Morgan fingerprint density at radius 2 is 0.939 bits per heavy atom. The largest absolute Gasteiger partial charge is 0.310 e. The van der Waals surface area contributed by atoms with Gasteiger partial charge in [-0.3, -0.25) is 0 Å². The minimum absolute atomic E-state index is 0.236. The van der Waals surface area contributed by atoms with Crippen molar-refractivity contribution >= 4 is 60.2 Å². The SMILES string of the molecule is Cc1ccc2c(c1)c1c(c3c4ccccc4c4ccccc4c23)C(C)(C)c2cc(N(c3ccc(C)c(C)c3)c3ccc(C)c(C)c3)ccc2-1. The Bertz CT molecular complexity index is 2640. The number of hydrogen-bond acceptors (Lipinski definition) is 1. The number of fused-ring (bicyclic) bond motifs is 13. The second-order valence-corrected chi connectivity index (χ2v) is 14.9. The molecule has 1 nitrogen and oxygen atoms in total. The Hall–Kier alpha value is -5.40. The van der Waals surface area contributed by atoms with E-state index in [0.717, 1.165) is 0 Å². The van der Waals surface area contributed by atoms with Gasteiger partial charge in [0.1, 0.15) is 0 Å². The van der Waals surface area contributed by atoms with Crippen molar-refractivity contribution in [1.29, 1.82) is 0 Å². The Morgan fingerprint density at radius 3 is 1.53 bits per heavy atom. The molecule has 0 bridgehead atoms. The van der Waals surface area contributed by atoms with Crippen molar-refractivity contribution in [3.63, 3.8) is 0 Å². The van der Waals surface area contributed by atoms with E-state index in [9.17, 15) is 0 Å². The van der Waals surface area contributed by atoms with Crippen LogP contribution in [0.3, 0.4) is 0 Å². The summed E-state index contributed by atoms with van der Waals surface area (Å²) in [6, 6.07) is 46.1. The molecule has 0 N–H and O–H groups in total. The maximum atomic E-state index is 2.48. The van der Waals surface area contributed by atoms with Gasteiger partial charge in [-0.25, -0.2) is 0 Å². The van der Waals surface area contributed by atoms with Crippen molar-refractivity contribution in [1.82, 2.24) is 0 Å². The molecular formula is C48H41N. The van der Waals surface area contributed by atoms with Crippen LogP contribution >= 0.6 is 0 Å². The van der Waals surface area contributed by atoms with Gasteiger partial charge in [0.15, 0.2) is 0 Å². The Morgan fingerprint density at radius 1 is 0.429 bits per heavy atom. The van der Waals surface area contributed by atoms with Crippen LogP contribution in [0.1, 0.15) is 52.8 Å². The van der Waals surface area contributed by atoms with E-state index in [-0.39, 0.29) is 5.41 Å². The van der Waals surface area contributed by atoms with Crippen molar-refractivity contribution in [3.05, 3.63) is 160 Å². The number of benzene rings is 8. The molecule has 0 fully saturated rings. The van der Waals surface area contributed by atoms with E-state index in [0.29, 0.717) is 0 Å². The standard InChI is InChI=1S/C48H41N/c1-28-16-22-40-42(24-28)45-41-23-21-35(49(33-19-17-29(2)31(4)25-33)34-20-18-30(3)32(5)26-34)27-43(41)48(6,7)47(45)46-39-15-11-9-13-37(39)36-12-8-10-14-38(36)44(40)46/h8-27H,1-7H3. The average molecular weight is 632 g/mol. The first-order chi connectivity index (χ1) is 23.6. The van der Waals surface area contributed by atoms with Gasteiger partial charge >= 0.3 is 0 Å². The summed E-state index contributed by atoms with van der Waals surface area (Å²) < 4.78 is 0. The molecule has 0 atom stereocenters. The van der Waals surface area contributed by atoms with E-state index in [1.165, 1.54) is 110 Å². The third-order valence-corrected chi connectivity index (χ3v) is 11.5. The van der Waals surface area contributed by atoms with Crippen molar-refractivity contribution < 1.29 is 0 Å². The lowest BCUT2D eigenvalue weighted by atomic mass is 9.77. The second-order valence-electron chi connectivity index (χ2n) is 14.9. The molecule has 238 valence electrons. The summed E-state index contributed by atoms with van der Waals surface area (Å²) in [6.45, 7) is 15.9. The van der Waals surface area contributed by atoms with E-state index in [2.05, 4.69) is 175 Å². The van der Waals surface area contributed by atoms with E-state index in [4.69, 9.17) is 0 Å². The van der Waals surface area contributed by atoms with Crippen LogP contribution in [-0.2, 0) is 5.41 Å². The smallest absolute Gasteiger partial charge is 0.0465 e. The minimum atomic E-state index is -0.236. The molecule has 0 unspecified atom stereocenters. The number of nitrogens with zero attached hydrogens (tertiary/aromatic N) is 1. The summed E-state index contributed by atoms with van der Waals surface area (Å²) in [6.07, 6.45) is 0. The minimum Gasteiger partial charge on any atom is -0.310 e. The Balaban J connectivity index is 1.39. The fraction of sp³-hybridized carbons (Fsp3) is 0.167. The molecule has 0 saturated heterocycles. The van der Waals surface area contributed by atoms with Gasteiger partial charge in [0.2, 0.25) is 0 Å². The molecule has 1 aliphatic rings. The average Bonchev–Trinajstić information content (AvgIpc) is 3.34. The molecule has 1 heteroatoms. The zero-order valence-corrected chi connectivity index (χ0v) is 29.5. The number of aryl methyl sites for hydroxylation is 5. The highest BCUT2D eigenvalue weighted by atomic mass is 15.1. The maximum Gasteiger partial charge on any atom is 0.0465 e. The van der Waals surface area contributed by atoms with Crippen LogP contribution in [-0.4, -0.2) is 0 Å². The second kappa shape index (κ2) is 10.5. The molecule has 0 aromatic heterocycles. The monoisotopic (exact) mass is 631 g/mol. The first-order valence-corrected chi connectivity index (χ1v) is 17.5. The van der Waals surface area contributed by atoms with Crippen molar-refractivity contribution in [3.8, 4) is 11.1 Å². The van der Waals surface area contributed by atoms with E-state index < -0.39 is 0 Å². The van der Waals surface area contributed by atoms with Gasteiger partial charge in [-0.05, 0) is 159 Å². The summed E-state index contributed by atoms with van der Waals surface area (Å²) in [5.41, 5.74) is 15.4. The van der Waals surface area contributed by atoms with Gasteiger partial charge in [-0.15, -0.1) is 0 Å². The fourth-order valence-electron chi connectivity index (χ4n) is 8.65. The molecule has 0 spiro atoms. The lowest BCUT2D eigenvalue weighted by Crippen LogP contribution is -2.17. The van der Waals surface area contributed by atoms with E-state index in [1.54, 1.807) is 0 Å². The number of hydrogen-bond donors (Lipinski definition) is 0. The highest BCUT2D eigenvalue weighted by Gasteiger charge is 2.40. The molecular weight excluding hydrogens is 591 g/mol. The van der Waals surface area contributed by atoms with Crippen molar-refractivity contribution in [2.75, 3.05) is 4.90 Å². The van der Waals surface area contributed by atoms with Crippen LogP contribution < -0.4 is 4.90 Å². The molecule has 0 heterocycles. The first-order valence-electron chi connectivity index (χ1n) is 17.5. The molecule has 0 aliphatic heterocycles. The van der Waals surface area contributed by atoms with Crippen LogP contribution in [0.25, 0.3) is 54.2 Å².